The van der Waals surface area contributed by atoms with E-state index >= 15 is 0 Å². The van der Waals surface area contributed by atoms with Crippen LogP contribution in [0.25, 0.3) is 16.9 Å². The summed E-state index contributed by atoms with van der Waals surface area (Å²) in [5.74, 6) is 22.7. The second-order valence-electron chi connectivity index (χ2n) is 22.5. The Kier molecular flexibility index (Phi) is 30.3. The first-order chi connectivity index (χ1) is 49.5. The number of halogens is 6. The number of aliphatic carboxylic acids is 2. The number of nitrogens with one attached hydrogen (secondary N) is 2. The Morgan fingerprint density at radius 1 is 0.596 bits per heavy atom. The lowest BCUT2D eigenvalue weighted by Gasteiger charge is -2.33. The molecule has 2 aliphatic heterocycles. The molecule has 2 saturated heterocycles. The summed E-state index contributed by atoms with van der Waals surface area (Å²) in [4.78, 5) is 89.7. The van der Waals surface area contributed by atoms with Gasteiger partial charge in [0.2, 0.25) is 22.9 Å². The number of amides is 1. The van der Waals surface area contributed by atoms with Crippen LogP contribution in [0.5, 0.6) is 6.01 Å². The number of rotatable bonds is 7. The molecule has 0 saturated carbocycles. The number of carboxylic acid groups (broad SMARTS) is 2. The van der Waals surface area contributed by atoms with Gasteiger partial charge in [-0.25, -0.2) is 64.6 Å². The summed E-state index contributed by atoms with van der Waals surface area (Å²) < 4.78 is 76.3. The molecule has 2 N–H and O–H groups in total. The van der Waals surface area contributed by atoms with Crippen molar-refractivity contribution in [2.75, 3.05) is 60.6 Å². The van der Waals surface area contributed by atoms with Gasteiger partial charge in [0, 0.05) is 160 Å². The van der Waals surface area contributed by atoms with Crippen LogP contribution in [0.3, 0.4) is 0 Å². The van der Waals surface area contributed by atoms with Crippen molar-refractivity contribution in [2.45, 2.75) is 99.2 Å². The van der Waals surface area contributed by atoms with Gasteiger partial charge in [0.15, 0.2) is 12.4 Å². The fourth-order valence-corrected chi connectivity index (χ4v) is 11.5. The second kappa shape index (κ2) is 39.1. The van der Waals surface area contributed by atoms with Crippen LogP contribution in [0, 0.1) is 75.1 Å². The number of H-pyrrole nitrogens is 2. The van der Waals surface area contributed by atoms with Crippen LogP contribution in [-0.2, 0) is 14.3 Å². The Morgan fingerprint density at radius 2 is 1.04 bits per heavy atom. The molecule has 10 aromatic heterocycles. The molecule has 0 aromatic carbocycles. The smallest absolute Gasteiger partial charge is 0.430 e. The topological polar surface area (TPSA) is 301 Å². The van der Waals surface area contributed by atoms with Gasteiger partial charge in [-0.1, -0.05) is 35.0 Å². The zero-order valence-corrected chi connectivity index (χ0v) is 61.4. The summed E-state index contributed by atoms with van der Waals surface area (Å²) in [7, 11) is 0. The first kappa shape index (κ1) is 80.6. The van der Waals surface area contributed by atoms with Crippen LogP contribution in [0.1, 0.15) is 113 Å². The van der Waals surface area contributed by atoms with Gasteiger partial charge in [0.25, 0.3) is 5.69 Å². The lowest BCUT2D eigenvalue weighted by molar-refractivity contribution is -0.383. The van der Waals surface area contributed by atoms with E-state index in [1.807, 2.05) is 117 Å². The number of pyridine rings is 1. The number of carbonyl (C=O) groups excluding carboxylic acids is 3. The zero-order chi connectivity index (χ0) is 75.4. The number of thiazole rings is 4. The maximum Gasteiger partial charge on any atom is 0.430 e. The van der Waals surface area contributed by atoms with Gasteiger partial charge in [0.05, 0.1) is 42.7 Å². The van der Waals surface area contributed by atoms with E-state index < -0.39 is 29.9 Å². The van der Waals surface area contributed by atoms with Crippen LogP contribution >= 0.6 is 57.1 Å². The third-order valence-electron chi connectivity index (χ3n) is 13.3. The molecule has 0 spiro atoms. The highest BCUT2D eigenvalue weighted by atomic mass is 32.2. The van der Waals surface area contributed by atoms with Gasteiger partial charge in [-0.05, 0) is 79.2 Å². The number of carbonyl (C=O) groups is 3. The first-order valence-electron chi connectivity index (χ1n) is 31.4. The number of nitrogens with zero attached hydrogens (tertiary/aromatic N) is 15. The van der Waals surface area contributed by atoms with Crippen molar-refractivity contribution in [3.63, 3.8) is 0 Å². The molecule has 104 heavy (non-hydrogen) atoms. The number of aryl methyl sites for hydroxylation is 4. The van der Waals surface area contributed by atoms with E-state index in [0.717, 1.165) is 120 Å². The number of alkyl halides is 6. The molecule has 2 aliphatic rings. The van der Waals surface area contributed by atoms with Crippen molar-refractivity contribution in [1.82, 2.24) is 64.3 Å². The number of ether oxygens (including phenoxy) is 2. The number of hydrogen-bond donors (Lipinski definition) is 0. The third-order valence-corrected chi connectivity index (χ3v) is 17.4. The summed E-state index contributed by atoms with van der Waals surface area (Å²) >= 11 is 8.40. The number of thioether (sulfide) groups is 1. The molecule has 0 unspecified atom stereocenters. The number of carboxylic acids is 2. The highest BCUT2D eigenvalue weighted by molar-refractivity contribution is 7.99. The summed E-state index contributed by atoms with van der Waals surface area (Å²) in [6.45, 7) is 22.7. The fourth-order valence-electron chi connectivity index (χ4n) is 8.41. The van der Waals surface area contributed by atoms with E-state index in [4.69, 9.17) is 29.3 Å². The largest absolute Gasteiger partial charge is 0.542 e. The monoisotopic (exact) mass is 1520 g/mol. The number of aromatic amines is 2. The molecule has 24 nitrogen and oxygen atoms in total. The van der Waals surface area contributed by atoms with E-state index in [1.54, 1.807) is 99.8 Å². The Hall–Kier alpha value is -10.7. The van der Waals surface area contributed by atoms with E-state index in [0.29, 0.717) is 43.5 Å². The number of fused-ring (bicyclic) bond motifs is 1. The van der Waals surface area contributed by atoms with Crippen molar-refractivity contribution in [1.29, 1.82) is 0 Å². The average Bonchev–Trinajstić information content (AvgIpc) is 1.65. The van der Waals surface area contributed by atoms with E-state index in [9.17, 15) is 31.1 Å². The lowest BCUT2D eigenvalue weighted by atomic mass is 10.1. The Morgan fingerprint density at radius 3 is 1.45 bits per heavy atom. The Balaban J connectivity index is 0.000000184. The summed E-state index contributed by atoms with van der Waals surface area (Å²) in [6, 6.07) is 4.37. The molecular formula is C69H67F6N17O7S5. The molecule has 12 rings (SSSR count). The number of aromatic nitrogens is 14. The van der Waals surface area contributed by atoms with Gasteiger partial charge < -0.3 is 44.0 Å². The average molecular weight is 1520 g/mol. The Labute approximate surface area is 615 Å². The molecule has 0 bridgehead atoms. The van der Waals surface area contributed by atoms with E-state index in [-0.39, 0.29) is 12.2 Å². The number of anilines is 2. The van der Waals surface area contributed by atoms with Crippen LogP contribution < -0.4 is 34.7 Å². The van der Waals surface area contributed by atoms with Gasteiger partial charge in [-0.3, -0.25) is 4.57 Å². The molecule has 35 heteroatoms. The zero-order valence-electron chi connectivity index (χ0n) is 57.3. The highest BCUT2D eigenvalue weighted by Crippen LogP contribution is 2.21. The van der Waals surface area contributed by atoms with Crippen LogP contribution in [0.15, 0.2) is 102 Å². The molecule has 10 aromatic rings. The summed E-state index contributed by atoms with van der Waals surface area (Å²) in [5, 5.41) is 30.7. The maximum atomic E-state index is 12.1. The van der Waals surface area contributed by atoms with Gasteiger partial charge in [-0.15, -0.1) is 34.0 Å². The van der Waals surface area contributed by atoms with E-state index in [2.05, 4.69) is 136 Å². The third kappa shape index (κ3) is 27.6. The minimum absolute atomic E-state index is 0.0198. The minimum atomic E-state index is -5.19. The SMILES string of the molecule is CCN(CC)c1ncc(C#Cc2csc(C)n2)cn1.Cc1[nH+]c(C#Cc2cnc(N3CCSCC3)nc2)cs1.Cc1nc(C#Cc2cnc(-n3ccc4cc[nH+]cc43)nc2)cs1.Cc1nc(C#Cc2cnc(OC3CCN(C(=O)OC(C)(C)C)CC3)nc2)cs1.O=C([O-])C(F)(F)F.O=C([O-])C(F)(F)F. The van der Waals surface area contributed by atoms with Crippen LogP contribution in [0.4, 0.5) is 43.0 Å². The van der Waals surface area contributed by atoms with Crippen molar-refractivity contribution in [3.8, 4) is 59.3 Å². The predicted molar refractivity (Wildman–Crippen MR) is 378 cm³/mol. The molecule has 0 aliphatic carbocycles. The predicted octanol–water partition coefficient (Wildman–Crippen LogP) is 8.52. The first-order valence-corrected chi connectivity index (χ1v) is 36.0. The number of hydrogen-bond acceptors (Lipinski definition) is 25. The van der Waals surface area contributed by atoms with E-state index in [1.165, 1.54) is 0 Å². The lowest BCUT2D eigenvalue weighted by Crippen LogP contribution is -2.44. The highest BCUT2D eigenvalue weighted by Gasteiger charge is 2.30. The standard InChI is InChI=1S/C20H24N4O3S.C17H11N5S.C14H14N4S2.C14H16N4S.2C2HF3O2/c1-14-23-16(13-28-14)6-5-15-11-21-18(22-12-15)26-17-7-9-24(10-8-17)19(25)27-20(2,3)4;1-12-21-15(11-23-12)3-2-13-8-19-17(20-9-13)22-7-5-14-4-6-18-10-16(14)22;1-11-17-13(10-20-11)3-2-12-8-15-14(16-9-12)18-4-6-19-7-5-18;1-4-18(5-2)14-15-8-12(9-16-14)6-7-13-10-19-11(3)17-13;2*3-2(4,5)1(6)7/h11-13,17H,7-10H2,1-4H3;4-11H,1H3;8-10H,4-7H2,1H3;8-10H,4-5H2,1-3H3;2*(H,6,7). The summed E-state index contributed by atoms with van der Waals surface area (Å²) in [5.41, 5.74) is 6.94. The fraction of sp³-hybridized carbons (Fsp3) is 0.333. The molecule has 12 heterocycles. The van der Waals surface area contributed by atoms with Crippen LogP contribution in [0.2, 0.25) is 0 Å². The normalized spacial score (nSPS) is 12.5. The molecular weight excluding hydrogens is 1450 g/mol. The molecule has 0 radical (unpaired) electrons. The minimum Gasteiger partial charge on any atom is -0.542 e. The molecule has 542 valence electrons. The van der Waals surface area contributed by atoms with Crippen molar-refractivity contribution >= 4 is 97.9 Å². The molecule has 1 amide bonds. The van der Waals surface area contributed by atoms with Crippen molar-refractivity contribution in [3.05, 3.63) is 167 Å². The second-order valence-corrected chi connectivity index (χ2v) is 27.9. The Bertz CT molecular complexity index is 4670. The maximum absolute atomic E-state index is 12.1. The number of likely N-dealkylation sites (tertiary alicyclic amines) is 1. The molecule has 0 atom stereocenters. The van der Waals surface area contributed by atoms with Gasteiger partial charge >= 0.3 is 24.5 Å². The summed E-state index contributed by atoms with van der Waals surface area (Å²) in [6.07, 6.45) is 10.4. The van der Waals surface area contributed by atoms with Crippen molar-refractivity contribution in [2.24, 2.45) is 0 Å². The van der Waals surface area contributed by atoms with Gasteiger partial charge in [0.1, 0.15) is 46.2 Å². The number of piperidine rings is 1. The van der Waals surface area contributed by atoms with Crippen molar-refractivity contribution < 1.29 is 70.4 Å². The quantitative estimate of drug-likeness (QED) is 0.107. The molecule has 2 fully saturated rings. The van der Waals surface area contributed by atoms with Crippen LogP contribution in [-0.4, -0.2) is 157 Å². The van der Waals surface area contributed by atoms with Gasteiger partial charge in [-0.2, -0.15) is 43.1 Å².